The van der Waals surface area contributed by atoms with Gasteiger partial charge in [-0.05, 0) is 24.7 Å². The van der Waals surface area contributed by atoms with Crippen molar-refractivity contribution in [2.45, 2.75) is 31.7 Å². The van der Waals surface area contributed by atoms with Crippen LogP contribution < -0.4 is 4.90 Å². The highest BCUT2D eigenvalue weighted by Crippen LogP contribution is 2.37. The molecule has 1 saturated carbocycles. The number of nitrogens with zero attached hydrogens (tertiary/aromatic N) is 6. The number of anilines is 1. The first-order valence-electron chi connectivity index (χ1n) is 9.50. The second kappa shape index (κ2) is 6.09. The minimum absolute atomic E-state index is 0.678. The molecule has 25 heavy (non-hydrogen) atoms. The lowest BCUT2D eigenvalue weighted by Crippen LogP contribution is -2.29. The third kappa shape index (κ3) is 2.92. The number of imidazole rings is 1. The Hall–Kier alpha value is -1.95. The van der Waals surface area contributed by atoms with Crippen molar-refractivity contribution in [1.82, 2.24) is 24.4 Å². The molecule has 0 radical (unpaired) electrons. The fourth-order valence-electron chi connectivity index (χ4n) is 4.65. The Balaban J connectivity index is 1.22. The van der Waals surface area contributed by atoms with Gasteiger partial charge in [0.1, 0.15) is 12.1 Å². The Morgan fingerprint density at radius 1 is 1.04 bits per heavy atom. The molecule has 2 atom stereocenters. The van der Waals surface area contributed by atoms with Crippen molar-refractivity contribution in [3.05, 3.63) is 36.3 Å². The number of aryl methyl sites for hydroxylation is 1. The van der Waals surface area contributed by atoms with Crippen molar-refractivity contribution in [1.29, 1.82) is 0 Å². The summed E-state index contributed by atoms with van der Waals surface area (Å²) in [7, 11) is 2.03. The lowest BCUT2D eigenvalue weighted by atomic mass is 9.83. The third-order valence-electron chi connectivity index (χ3n) is 6.23. The quantitative estimate of drug-likeness (QED) is 0.854. The first-order chi connectivity index (χ1) is 12.2. The maximum absolute atomic E-state index is 4.57. The molecule has 0 spiro atoms. The van der Waals surface area contributed by atoms with Gasteiger partial charge in [0.15, 0.2) is 0 Å². The van der Waals surface area contributed by atoms with Gasteiger partial charge >= 0.3 is 0 Å². The predicted octanol–water partition coefficient (Wildman–Crippen LogP) is 2.05. The molecule has 2 aliphatic heterocycles. The van der Waals surface area contributed by atoms with Gasteiger partial charge in [-0.1, -0.05) is 6.42 Å². The minimum atomic E-state index is 0.678. The van der Waals surface area contributed by atoms with Gasteiger partial charge in [0.2, 0.25) is 0 Å². The van der Waals surface area contributed by atoms with Gasteiger partial charge < -0.3 is 9.47 Å². The van der Waals surface area contributed by atoms with E-state index in [0.29, 0.717) is 5.92 Å². The van der Waals surface area contributed by atoms with E-state index in [1.807, 2.05) is 17.9 Å². The summed E-state index contributed by atoms with van der Waals surface area (Å²) in [6.45, 7) is 5.60. The molecular formula is C19H26N6. The van der Waals surface area contributed by atoms with Crippen LogP contribution in [0.5, 0.6) is 0 Å². The first kappa shape index (κ1) is 15.3. The lowest BCUT2D eigenvalue weighted by Gasteiger charge is -2.26. The molecule has 6 nitrogen and oxygen atoms in total. The van der Waals surface area contributed by atoms with Crippen molar-refractivity contribution < 1.29 is 0 Å². The monoisotopic (exact) mass is 338 g/mol. The number of likely N-dealkylation sites (tertiary alicyclic amines) is 1. The summed E-state index contributed by atoms with van der Waals surface area (Å²) in [5, 5.41) is 0. The molecule has 6 heteroatoms. The second-order valence-corrected chi connectivity index (χ2v) is 8.08. The van der Waals surface area contributed by atoms with Gasteiger partial charge in [0, 0.05) is 63.6 Å². The van der Waals surface area contributed by atoms with E-state index in [1.54, 1.807) is 6.33 Å². The van der Waals surface area contributed by atoms with Crippen LogP contribution in [-0.2, 0) is 13.6 Å². The molecule has 0 bridgehead atoms. The molecule has 5 rings (SSSR count). The lowest BCUT2D eigenvalue weighted by molar-refractivity contribution is 0.305. The molecule has 1 aliphatic carbocycles. The average Bonchev–Trinajstić information content (AvgIpc) is 3.21. The summed E-state index contributed by atoms with van der Waals surface area (Å²) in [4.78, 5) is 18.6. The second-order valence-electron chi connectivity index (χ2n) is 8.08. The van der Waals surface area contributed by atoms with Gasteiger partial charge in [0.25, 0.3) is 0 Å². The Kier molecular flexibility index (Phi) is 3.73. The zero-order chi connectivity index (χ0) is 16.8. The summed E-state index contributed by atoms with van der Waals surface area (Å²) in [6, 6.07) is 2.25. The van der Waals surface area contributed by atoms with E-state index < -0.39 is 0 Å². The Morgan fingerprint density at radius 2 is 1.84 bits per heavy atom. The minimum Gasteiger partial charge on any atom is -0.356 e. The van der Waals surface area contributed by atoms with Crippen LogP contribution in [0.2, 0.25) is 0 Å². The molecule has 0 N–H and O–H groups in total. The summed E-state index contributed by atoms with van der Waals surface area (Å²) >= 11 is 0. The van der Waals surface area contributed by atoms with Crippen LogP contribution >= 0.6 is 0 Å². The van der Waals surface area contributed by atoms with E-state index in [9.17, 15) is 0 Å². The maximum atomic E-state index is 4.57. The molecule has 132 valence electrons. The number of fused-ring (bicyclic) bond motifs is 1. The van der Waals surface area contributed by atoms with Crippen molar-refractivity contribution >= 4 is 5.82 Å². The van der Waals surface area contributed by atoms with Crippen molar-refractivity contribution in [3.63, 3.8) is 0 Å². The standard InChI is InChI=1S/C19H26N6/c1-23-10-17(22-13-23)11-24-6-15-8-25(9-16(15)7-24)19-5-18(20-12-21-19)14-3-2-4-14/h5,10,12-16H,2-4,6-9,11H2,1H3. The number of rotatable bonds is 4. The van der Waals surface area contributed by atoms with Gasteiger partial charge in [-0.3, -0.25) is 4.90 Å². The van der Waals surface area contributed by atoms with Crippen LogP contribution in [0.1, 0.15) is 36.6 Å². The molecule has 2 aromatic heterocycles. The van der Waals surface area contributed by atoms with Crippen LogP contribution in [0.25, 0.3) is 0 Å². The molecule has 2 aromatic rings. The molecule has 2 unspecified atom stereocenters. The molecule has 3 fully saturated rings. The van der Waals surface area contributed by atoms with Crippen molar-refractivity contribution in [2.24, 2.45) is 18.9 Å². The smallest absolute Gasteiger partial charge is 0.132 e. The van der Waals surface area contributed by atoms with E-state index in [4.69, 9.17) is 0 Å². The zero-order valence-electron chi connectivity index (χ0n) is 14.9. The molecule has 0 aromatic carbocycles. The van der Waals surface area contributed by atoms with E-state index in [1.165, 1.54) is 43.7 Å². The highest BCUT2D eigenvalue weighted by Gasteiger charge is 2.40. The highest BCUT2D eigenvalue weighted by molar-refractivity contribution is 5.42. The zero-order valence-corrected chi connectivity index (χ0v) is 14.9. The number of aromatic nitrogens is 4. The average molecular weight is 338 g/mol. The van der Waals surface area contributed by atoms with Gasteiger partial charge in [-0.25, -0.2) is 15.0 Å². The van der Waals surface area contributed by atoms with Gasteiger partial charge in [-0.15, -0.1) is 0 Å². The third-order valence-corrected chi connectivity index (χ3v) is 6.23. The Morgan fingerprint density at radius 3 is 2.48 bits per heavy atom. The van der Waals surface area contributed by atoms with E-state index >= 15 is 0 Å². The highest BCUT2D eigenvalue weighted by atomic mass is 15.3. The van der Waals surface area contributed by atoms with Crippen molar-refractivity contribution in [3.8, 4) is 0 Å². The largest absolute Gasteiger partial charge is 0.356 e. The van der Waals surface area contributed by atoms with Crippen LogP contribution in [0.15, 0.2) is 24.9 Å². The van der Waals surface area contributed by atoms with E-state index in [2.05, 4.69) is 37.0 Å². The SMILES string of the molecule is Cn1cnc(CN2CC3CN(c4cc(C5CCC5)ncn4)CC3C2)c1. The summed E-state index contributed by atoms with van der Waals surface area (Å²) in [5.41, 5.74) is 2.44. The Bertz CT molecular complexity index is 738. The summed E-state index contributed by atoms with van der Waals surface area (Å²) in [6.07, 6.45) is 9.73. The van der Waals surface area contributed by atoms with Crippen LogP contribution in [-0.4, -0.2) is 50.6 Å². The van der Waals surface area contributed by atoms with Gasteiger partial charge in [-0.2, -0.15) is 0 Å². The fourth-order valence-corrected chi connectivity index (χ4v) is 4.65. The van der Waals surface area contributed by atoms with Crippen molar-refractivity contribution in [2.75, 3.05) is 31.1 Å². The molecule has 3 aliphatic rings. The number of hydrogen-bond donors (Lipinski definition) is 0. The number of hydrogen-bond acceptors (Lipinski definition) is 5. The van der Waals surface area contributed by atoms with Crippen LogP contribution in [0, 0.1) is 11.8 Å². The maximum Gasteiger partial charge on any atom is 0.132 e. The van der Waals surface area contributed by atoms with Crippen LogP contribution in [0.4, 0.5) is 5.82 Å². The fraction of sp³-hybridized carbons (Fsp3) is 0.632. The predicted molar refractivity (Wildman–Crippen MR) is 96.3 cm³/mol. The molecular weight excluding hydrogens is 312 g/mol. The summed E-state index contributed by atoms with van der Waals surface area (Å²) in [5.74, 6) is 3.33. The Labute approximate surface area is 148 Å². The van der Waals surface area contributed by atoms with E-state index in [-0.39, 0.29) is 0 Å². The first-order valence-corrected chi connectivity index (χ1v) is 9.50. The topological polar surface area (TPSA) is 50.1 Å². The van der Waals surface area contributed by atoms with Gasteiger partial charge in [0.05, 0.1) is 12.0 Å². The van der Waals surface area contributed by atoms with E-state index in [0.717, 1.165) is 37.3 Å². The van der Waals surface area contributed by atoms with Crippen LogP contribution in [0.3, 0.4) is 0 Å². The summed E-state index contributed by atoms with van der Waals surface area (Å²) < 4.78 is 2.03. The molecule has 2 saturated heterocycles. The molecule has 0 amide bonds. The normalized spacial score (nSPS) is 26.8. The molecule has 4 heterocycles.